The van der Waals surface area contributed by atoms with Crippen LogP contribution < -0.4 is 5.11 Å². The van der Waals surface area contributed by atoms with Crippen molar-refractivity contribution in [2.75, 3.05) is 27.7 Å². The van der Waals surface area contributed by atoms with Gasteiger partial charge in [0.05, 0.1) is 21.1 Å². The molecule has 0 N–H and O–H groups in total. The van der Waals surface area contributed by atoms with E-state index in [1.807, 2.05) is 35.0 Å². The molecule has 0 aromatic rings. The van der Waals surface area contributed by atoms with Gasteiger partial charge in [0.25, 0.3) is 0 Å². The van der Waals surface area contributed by atoms with E-state index in [0.717, 1.165) is 0 Å². The molecule has 0 bridgehead atoms. The quantitative estimate of drug-likeness (QED) is 0.460. The summed E-state index contributed by atoms with van der Waals surface area (Å²) in [6, 6.07) is 0. The van der Waals surface area contributed by atoms with E-state index >= 15 is 0 Å². The Balaban J connectivity index is 4.38. The maximum absolute atomic E-state index is 11.5. The van der Waals surface area contributed by atoms with Crippen LogP contribution in [-0.2, 0) is 14.3 Å². The van der Waals surface area contributed by atoms with Crippen LogP contribution in [0.1, 0.15) is 26.7 Å². The van der Waals surface area contributed by atoms with Crippen molar-refractivity contribution < 1.29 is 23.9 Å². The smallest absolute Gasteiger partial charge is 0.306 e. The molecular weight excluding hydrogens is 222 g/mol. The van der Waals surface area contributed by atoms with Crippen molar-refractivity contribution in [3.05, 3.63) is 0 Å². The largest absolute Gasteiger partial charge is 0.550 e. The van der Waals surface area contributed by atoms with Gasteiger partial charge in [-0.05, 0) is 5.92 Å². The molecule has 0 aliphatic heterocycles. The van der Waals surface area contributed by atoms with E-state index in [1.54, 1.807) is 0 Å². The van der Waals surface area contributed by atoms with E-state index in [9.17, 15) is 14.7 Å². The van der Waals surface area contributed by atoms with Crippen LogP contribution in [0.15, 0.2) is 0 Å². The van der Waals surface area contributed by atoms with Gasteiger partial charge in [-0.3, -0.25) is 4.79 Å². The Morgan fingerprint density at radius 2 is 1.71 bits per heavy atom. The number of carbonyl (C=O) groups excluding carboxylic acids is 2. The molecule has 1 atom stereocenters. The molecule has 5 heteroatoms. The topological polar surface area (TPSA) is 66.4 Å². The number of esters is 1. The van der Waals surface area contributed by atoms with E-state index in [1.165, 1.54) is 0 Å². The summed E-state index contributed by atoms with van der Waals surface area (Å²) in [7, 11) is 5.75. The number of hydrogen-bond donors (Lipinski definition) is 0. The van der Waals surface area contributed by atoms with Crippen LogP contribution in [-0.4, -0.2) is 50.2 Å². The Bertz CT molecular complexity index is 268. The predicted octanol–water partition coefficient (Wildman–Crippen LogP) is -0.209. The monoisotopic (exact) mass is 245 g/mol. The number of carboxylic acids is 1. The molecule has 0 aliphatic carbocycles. The summed E-state index contributed by atoms with van der Waals surface area (Å²) in [4.78, 5) is 22.1. The van der Waals surface area contributed by atoms with Crippen LogP contribution in [0, 0.1) is 5.92 Å². The van der Waals surface area contributed by atoms with Gasteiger partial charge < -0.3 is 19.1 Å². The first-order valence-corrected chi connectivity index (χ1v) is 5.80. The lowest BCUT2D eigenvalue weighted by Crippen LogP contribution is -2.45. The number of carboxylic acid groups (broad SMARTS) is 1. The van der Waals surface area contributed by atoms with Crippen molar-refractivity contribution in [2.45, 2.75) is 32.8 Å². The summed E-state index contributed by atoms with van der Waals surface area (Å²) in [5.41, 5.74) is 0. The van der Waals surface area contributed by atoms with Gasteiger partial charge in [-0.25, -0.2) is 0 Å². The first-order valence-electron chi connectivity index (χ1n) is 5.80. The Hall–Kier alpha value is -1.10. The highest BCUT2D eigenvalue weighted by atomic mass is 16.5. The number of quaternary nitrogens is 1. The van der Waals surface area contributed by atoms with E-state index in [0.29, 0.717) is 17.4 Å². The number of likely N-dealkylation sites (N-methyl/N-ethyl adjacent to an activating group) is 1. The molecule has 0 aromatic heterocycles. The first kappa shape index (κ1) is 15.9. The van der Waals surface area contributed by atoms with E-state index in [4.69, 9.17) is 4.74 Å². The summed E-state index contributed by atoms with van der Waals surface area (Å²) in [6.45, 7) is 4.28. The Labute approximate surface area is 103 Å². The van der Waals surface area contributed by atoms with Gasteiger partial charge in [0.2, 0.25) is 0 Å². The highest BCUT2D eigenvalue weighted by molar-refractivity contribution is 5.71. The number of hydrogen-bond acceptors (Lipinski definition) is 4. The average molecular weight is 245 g/mol. The van der Waals surface area contributed by atoms with E-state index < -0.39 is 12.1 Å². The van der Waals surface area contributed by atoms with Crippen molar-refractivity contribution >= 4 is 11.9 Å². The van der Waals surface area contributed by atoms with Crippen LogP contribution in [0.3, 0.4) is 0 Å². The SMILES string of the molecule is CC(C)CC(=O)O[C@H](CC(=O)[O-])C[N+](C)(C)C. The zero-order valence-electron chi connectivity index (χ0n) is 11.4. The highest BCUT2D eigenvalue weighted by Crippen LogP contribution is 2.08. The molecule has 100 valence electrons. The van der Waals surface area contributed by atoms with E-state index in [-0.39, 0.29) is 18.3 Å². The minimum Gasteiger partial charge on any atom is -0.550 e. The third-order valence-electron chi connectivity index (χ3n) is 2.02. The summed E-state index contributed by atoms with van der Waals surface area (Å²) < 4.78 is 5.71. The normalized spacial score (nSPS) is 13.5. The van der Waals surface area contributed by atoms with E-state index in [2.05, 4.69) is 0 Å². The second kappa shape index (κ2) is 6.59. The van der Waals surface area contributed by atoms with Crippen molar-refractivity contribution in [3.63, 3.8) is 0 Å². The molecule has 0 spiro atoms. The minimum atomic E-state index is -1.19. The van der Waals surface area contributed by atoms with Gasteiger partial charge in [-0.2, -0.15) is 0 Å². The second-order valence-electron chi connectivity index (χ2n) is 5.76. The van der Waals surface area contributed by atoms with Crippen LogP contribution in [0.25, 0.3) is 0 Å². The van der Waals surface area contributed by atoms with Gasteiger partial charge in [-0.15, -0.1) is 0 Å². The fourth-order valence-electron chi connectivity index (χ4n) is 1.51. The lowest BCUT2D eigenvalue weighted by atomic mass is 10.1. The lowest BCUT2D eigenvalue weighted by Gasteiger charge is -2.29. The van der Waals surface area contributed by atoms with Crippen LogP contribution in [0.5, 0.6) is 0 Å². The predicted molar refractivity (Wildman–Crippen MR) is 61.9 cm³/mol. The highest BCUT2D eigenvalue weighted by Gasteiger charge is 2.22. The number of nitrogens with zero attached hydrogens (tertiary/aromatic N) is 1. The second-order valence-corrected chi connectivity index (χ2v) is 5.76. The molecule has 0 aromatic carbocycles. The third kappa shape index (κ3) is 9.81. The van der Waals surface area contributed by atoms with Crippen molar-refractivity contribution in [3.8, 4) is 0 Å². The fourth-order valence-corrected chi connectivity index (χ4v) is 1.51. The molecule has 0 fully saturated rings. The van der Waals surface area contributed by atoms with Gasteiger partial charge in [0.1, 0.15) is 6.54 Å². The minimum absolute atomic E-state index is 0.204. The molecule has 0 heterocycles. The first-order chi connectivity index (χ1) is 7.60. The molecule has 0 amide bonds. The molecule has 0 rings (SSSR count). The van der Waals surface area contributed by atoms with Gasteiger partial charge in [0.15, 0.2) is 6.10 Å². The van der Waals surface area contributed by atoms with Crippen molar-refractivity contribution in [1.29, 1.82) is 0 Å². The Morgan fingerprint density at radius 3 is 2.06 bits per heavy atom. The molecule has 5 nitrogen and oxygen atoms in total. The van der Waals surface area contributed by atoms with Crippen molar-refractivity contribution in [2.24, 2.45) is 5.92 Å². The molecule has 0 unspecified atom stereocenters. The van der Waals surface area contributed by atoms with Crippen LogP contribution in [0.2, 0.25) is 0 Å². The molecule has 0 radical (unpaired) electrons. The molecule has 17 heavy (non-hydrogen) atoms. The summed E-state index contributed by atoms with van der Waals surface area (Å²) >= 11 is 0. The fraction of sp³-hybridized carbons (Fsp3) is 0.833. The van der Waals surface area contributed by atoms with Crippen molar-refractivity contribution in [1.82, 2.24) is 0 Å². The standard InChI is InChI=1S/C12H23NO4/c1-9(2)6-12(16)17-10(7-11(14)15)8-13(3,4)5/h9-10H,6-8H2,1-5H3/t10-/m1/s1. The number of ether oxygens (including phenoxy) is 1. The van der Waals surface area contributed by atoms with Gasteiger partial charge in [-0.1, -0.05) is 13.8 Å². The number of carbonyl (C=O) groups is 2. The molecular formula is C12H23NO4. The zero-order chi connectivity index (χ0) is 13.6. The summed E-state index contributed by atoms with van der Waals surface area (Å²) in [6.07, 6.45) is -0.564. The Kier molecular flexibility index (Phi) is 6.16. The maximum atomic E-state index is 11.5. The zero-order valence-corrected chi connectivity index (χ0v) is 11.4. The lowest BCUT2D eigenvalue weighted by molar-refractivity contribution is -0.873. The summed E-state index contributed by atoms with van der Waals surface area (Å²) in [5.74, 6) is -1.34. The van der Waals surface area contributed by atoms with Gasteiger partial charge in [0, 0.05) is 18.8 Å². The van der Waals surface area contributed by atoms with Gasteiger partial charge >= 0.3 is 5.97 Å². The van der Waals surface area contributed by atoms with Crippen LogP contribution >= 0.6 is 0 Å². The molecule has 0 aliphatic rings. The van der Waals surface area contributed by atoms with Crippen LogP contribution in [0.4, 0.5) is 0 Å². The molecule has 0 saturated carbocycles. The third-order valence-corrected chi connectivity index (χ3v) is 2.02. The summed E-state index contributed by atoms with van der Waals surface area (Å²) in [5, 5.41) is 10.6. The molecule has 0 saturated heterocycles. The average Bonchev–Trinajstić information content (AvgIpc) is 1.95. The maximum Gasteiger partial charge on any atom is 0.306 e. The number of aliphatic carboxylic acids is 1. The number of rotatable bonds is 7. The Morgan fingerprint density at radius 1 is 1.18 bits per heavy atom.